The molecule has 0 spiro atoms. The molecule has 0 heterocycles. The van der Waals surface area contributed by atoms with Crippen LogP contribution in [0.15, 0.2) is 24.3 Å². The minimum Gasteiger partial charge on any atom is -0.493 e. The molecule has 10 heteroatoms. The fourth-order valence-corrected chi connectivity index (χ4v) is 3.05. The Balaban J connectivity index is 3.08. The van der Waals surface area contributed by atoms with Crippen LogP contribution in [0, 0.1) is 0 Å². The first-order valence-corrected chi connectivity index (χ1v) is 7.96. The number of ether oxygens (including phenoxy) is 2. The number of hydrogen-bond donors (Lipinski definition) is 2. The SMILES string of the molecule is COc1ccccc1OC(CS(=O)(=O)O)S(=O)(=O)O. The van der Waals surface area contributed by atoms with Gasteiger partial charge in [0.05, 0.1) is 7.11 Å². The maximum absolute atomic E-state index is 11.0. The number of benzene rings is 1. The van der Waals surface area contributed by atoms with Gasteiger partial charge in [0.25, 0.3) is 10.1 Å². The monoisotopic (exact) mass is 312 g/mol. The molecule has 0 amide bonds. The van der Waals surface area contributed by atoms with E-state index in [1.54, 1.807) is 6.07 Å². The predicted molar refractivity (Wildman–Crippen MR) is 65.4 cm³/mol. The summed E-state index contributed by atoms with van der Waals surface area (Å²) in [6.45, 7) is 0. The van der Waals surface area contributed by atoms with Crippen LogP contribution in [0.1, 0.15) is 0 Å². The van der Waals surface area contributed by atoms with Gasteiger partial charge >= 0.3 is 10.1 Å². The fraction of sp³-hybridized carbons (Fsp3) is 0.333. The molecule has 0 aliphatic heterocycles. The molecule has 1 aromatic carbocycles. The van der Waals surface area contributed by atoms with Gasteiger partial charge in [-0.3, -0.25) is 9.11 Å². The van der Waals surface area contributed by atoms with Crippen LogP contribution < -0.4 is 9.47 Å². The van der Waals surface area contributed by atoms with Gasteiger partial charge in [0.2, 0.25) is 5.44 Å². The van der Waals surface area contributed by atoms with Gasteiger partial charge in [0.1, 0.15) is 5.75 Å². The van der Waals surface area contributed by atoms with Crippen LogP contribution in [-0.4, -0.2) is 44.2 Å². The molecule has 0 saturated carbocycles. The molecular weight excluding hydrogens is 300 g/mol. The van der Waals surface area contributed by atoms with E-state index < -0.39 is 31.4 Å². The fourth-order valence-electron chi connectivity index (χ4n) is 1.21. The zero-order valence-electron chi connectivity index (χ0n) is 9.75. The van der Waals surface area contributed by atoms with E-state index in [0.29, 0.717) is 0 Å². The van der Waals surface area contributed by atoms with Crippen LogP contribution in [0.5, 0.6) is 11.5 Å². The molecule has 1 unspecified atom stereocenters. The van der Waals surface area contributed by atoms with Crippen LogP contribution in [0.25, 0.3) is 0 Å². The molecule has 1 atom stereocenters. The molecule has 0 aromatic heterocycles. The van der Waals surface area contributed by atoms with Gasteiger partial charge in [-0.1, -0.05) is 12.1 Å². The number of rotatable bonds is 6. The lowest BCUT2D eigenvalue weighted by atomic mass is 10.3. The average molecular weight is 312 g/mol. The van der Waals surface area contributed by atoms with Gasteiger partial charge in [-0.05, 0) is 12.1 Å². The van der Waals surface area contributed by atoms with Crippen LogP contribution in [0.4, 0.5) is 0 Å². The Morgan fingerprint density at radius 1 is 1.11 bits per heavy atom. The number of methoxy groups -OCH3 is 1. The van der Waals surface area contributed by atoms with Gasteiger partial charge in [0, 0.05) is 0 Å². The molecule has 108 valence electrons. The summed E-state index contributed by atoms with van der Waals surface area (Å²) in [5, 5.41) is 0. The lowest BCUT2D eigenvalue weighted by Crippen LogP contribution is -2.34. The molecule has 0 aliphatic rings. The highest BCUT2D eigenvalue weighted by atomic mass is 32.2. The summed E-state index contributed by atoms with van der Waals surface area (Å²) in [4.78, 5) is 0. The standard InChI is InChI=1S/C9H12O8S2/c1-16-7-4-2-3-5-8(7)17-9(19(13,14)15)6-18(10,11)12/h2-5,9H,6H2,1H3,(H,10,11,12)(H,13,14,15). The second-order valence-electron chi connectivity index (χ2n) is 3.46. The van der Waals surface area contributed by atoms with Crippen molar-refractivity contribution < 1.29 is 35.4 Å². The highest BCUT2D eigenvalue weighted by molar-refractivity contribution is 7.90. The quantitative estimate of drug-likeness (QED) is 0.712. The summed E-state index contributed by atoms with van der Waals surface area (Å²) in [6, 6.07) is 5.84. The lowest BCUT2D eigenvalue weighted by Gasteiger charge is -2.16. The smallest absolute Gasteiger partial charge is 0.304 e. The molecule has 8 nitrogen and oxygen atoms in total. The van der Waals surface area contributed by atoms with E-state index in [1.165, 1.54) is 25.3 Å². The van der Waals surface area contributed by atoms with Gasteiger partial charge in [-0.25, -0.2) is 0 Å². The molecular formula is C9H12O8S2. The van der Waals surface area contributed by atoms with E-state index in [0.717, 1.165) is 0 Å². The van der Waals surface area contributed by atoms with Crippen molar-refractivity contribution in [2.24, 2.45) is 0 Å². The van der Waals surface area contributed by atoms with Crippen molar-refractivity contribution in [1.29, 1.82) is 0 Å². The van der Waals surface area contributed by atoms with Crippen molar-refractivity contribution in [1.82, 2.24) is 0 Å². The lowest BCUT2D eigenvalue weighted by molar-refractivity contribution is 0.258. The summed E-state index contributed by atoms with van der Waals surface area (Å²) >= 11 is 0. The second kappa shape index (κ2) is 5.74. The molecule has 2 N–H and O–H groups in total. The molecule has 0 bridgehead atoms. The largest absolute Gasteiger partial charge is 0.493 e. The molecule has 0 aliphatic carbocycles. The Bertz CT molecular complexity index is 634. The third-order valence-electron chi connectivity index (χ3n) is 2.01. The zero-order valence-corrected chi connectivity index (χ0v) is 11.4. The normalized spacial score (nSPS) is 13.8. The first-order valence-electron chi connectivity index (χ1n) is 4.84. The predicted octanol–water partition coefficient (Wildman–Crippen LogP) is 0.176. The second-order valence-corrected chi connectivity index (χ2v) is 6.51. The number of hydrogen-bond acceptors (Lipinski definition) is 6. The summed E-state index contributed by atoms with van der Waals surface area (Å²) < 4.78 is 70.7. The summed E-state index contributed by atoms with van der Waals surface area (Å²) in [7, 11) is -8.19. The maximum atomic E-state index is 11.0. The Kier molecular flexibility index (Phi) is 4.74. The van der Waals surface area contributed by atoms with Crippen LogP contribution in [-0.2, 0) is 20.2 Å². The Morgan fingerprint density at radius 3 is 2.05 bits per heavy atom. The average Bonchev–Trinajstić information content (AvgIpc) is 2.26. The molecule has 0 radical (unpaired) electrons. The minimum atomic E-state index is -4.84. The maximum Gasteiger partial charge on any atom is 0.304 e. The van der Waals surface area contributed by atoms with Gasteiger partial charge in [-0.15, -0.1) is 0 Å². The summed E-state index contributed by atoms with van der Waals surface area (Å²) in [5.41, 5.74) is -2.15. The van der Waals surface area contributed by atoms with Gasteiger partial charge < -0.3 is 9.47 Å². The Labute approximate surface area is 110 Å². The molecule has 0 fully saturated rings. The molecule has 1 aromatic rings. The minimum absolute atomic E-state index is 0.0868. The third-order valence-corrected chi connectivity index (χ3v) is 3.87. The van der Waals surface area contributed by atoms with Crippen molar-refractivity contribution >= 4 is 20.2 Å². The van der Waals surface area contributed by atoms with E-state index in [2.05, 4.69) is 0 Å². The molecule has 19 heavy (non-hydrogen) atoms. The Morgan fingerprint density at radius 2 is 1.63 bits per heavy atom. The summed E-state index contributed by atoms with van der Waals surface area (Å²) in [6.07, 6.45) is 0. The van der Waals surface area contributed by atoms with Crippen molar-refractivity contribution in [3.63, 3.8) is 0 Å². The van der Waals surface area contributed by atoms with E-state index in [4.69, 9.17) is 18.6 Å². The van der Waals surface area contributed by atoms with Gasteiger partial charge in [0.15, 0.2) is 11.5 Å². The van der Waals surface area contributed by atoms with Crippen molar-refractivity contribution in [2.75, 3.05) is 12.9 Å². The van der Waals surface area contributed by atoms with E-state index >= 15 is 0 Å². The van der Waals surface area contributed by atoms with Gasteiger partial charge in [-0.2, -0.15) is 16.8 Å². The first kappa shape index (κ1) is 15.7. The summed E-state index contributed by atoms with van der Waals surface area (Å²) in [5.74, 6) is -1.24. The van der Waals surface area contributed by atoms with Crippen LogP contribution >= 0.6 is 0 Å². The highest BCUT2D eigenvalue weighted by Gasteiger charge is 2.31. The topological polar surface area (TPSA) is 127 Å². The van der Waals surface area contributed by atoms with Crippen molar-refractivity contribution in [2.45, 2.75) is 5.44 Å². The van der Waals surface area contributed by atoms with Crippen LogP contribution in [0.2, 0.25) is 0 Å². The first-order chi connectivity index (χ1) is 8.63. The highest BCUT2D eigenvalue weighted by Crippen LogP contribution is 2.27. The van der Waals surface area contributed by atoms with Crippen molar-refractivity contribution in [3.8, 4) is 11.5 Å². The van der Waals surface area contributed by atoms with E-state index in [-0.39, 0.29) is 11.5 Å². The van der Waals surface area contributed by atoms with E-state index in [1.807, 2.05) is 0 Å². The molecule has 0 saturated heterocycles. The zero-order chi connectivity index (χ0) is 14.7. The van der Waals surface area contributed by atoms with Crippen molar-refractivity contribution in [3.05, 3.63) is 24.3 Å². The molecule has 1 rings (SSSR count). The van der Waals surface area contributed by atoms with Crippen LogP contribution in [0.3, 0.4) is 0 Å². The Hall–Kier alpha value is -1.36. The number of para-hydroxylation sites is 2. The third kappa shape index (κ3) is 5.03. The van der Waals surface area contributed by atoms with E-state index in [9.17, 15) is 16.8 Å².